The number of imide groups is 1. The molecule has 1 fully saturated rings. The zero-order chi connectivity index (χ0) is 21.2. The fourth-order valence-electron chi connectivity index (χ4n) is 2.54. The number of nitrogens with two attached hydrogens (primary N) is 1. The second kappa shape index (κ2) is 7.89. The molecule has 4 amide bonds. The number of carbonyl (C=O) groups is 3. The van der Waals surface area contributed by atoms with E-state index in [1.165, 1.54) is 6.07 Å². The van der Waals surface area contributed by atoms with Gasteiger partial charge in [-0.3, -0.25) is 14.5 Å². The number of aromatic nitrogens is 1. The molecule has 12 nitrogen and oxygen atoms in total. The van der Waals surface area contributed by atoms with Gasteiger partial charge < -0.3 is 15.6 Å². The van der Waals surface area contributed by atoms with Gasteiger partial charge in [0.05, 0.1) is 6.54 Å². The molecule has 0 saturated carbocycles. The Hall–Kier alpha value is -3.45. The number of β-lactam (4-membered cyclic amide) rings is 1. The normalized spacial score (nSPS) is 17.2. The summed E-state index contributed by atoms with van der Waals surface area (Å²) < 4.78 is 32.2. The Labute approximate surface area is 165 Å². The summed E-state index contributed by atoms with van der Waals surface area (Å²) >= 11 is 0. The van der Waals surface area contributed by atoms with Crippen molar-refractivity contribution in [2.75, 3.05) is 11.3 Å². The fraction of sp³-hybridized carbons (Fsp3) is 0.250. The third kappa shape index (κ3) is 4.70. The number of benzene rings is 1. The molecule has 1 saturated heterocycles. The molecule has 29 heavy (non-hydrogen) atoms. The lowest BCUT2D eigenvalue weighted by Gasteiger charge is -2.36. The average Bonchev–Trinajstić information content (AvgIpc) is 3.07. The molecule has 2 atom stereocenters. The van der Waals surface area contributed by atoms with Gasteiger partial charge in [0.2, 0.25) is 5.91 Å². The van der Waals surface area contributed by atoms with E-state index in [9.17, 15) is 22.8 Å². The molecular formula is C16H18N6O6S. The van der Waals surface area contributed by atoms with Gasteiger partial charge in [-0.2, -0.15) is 8.42 Å². The molecule has 2 heterocycles. The number of aryl methyl sites for hydroxylation is 1. The molecule has 1 aliphatic heterocycles. The van der Waals surface area contributed by atoms with Gasteiger partial charge in [0.1, 0.15) is 17.8 Å². The van der Waals surface area contributed by atoms with Gasteiger partial charge in [-0.05, 0) is 12.5 Å². The number of anilines is 1. The molecule has 0 bridgehead atoms. The van der Waals surface area contributed by atoms with E-state index >= 15 is 0 Å². The van der Waals surface area contributed by atoms with Gasteiger partial charge in [0, 0.05) is 6.07 Å². The van der Waals surface area contributed by atoms with E-state index in [-0.39, 0.29) is 12.4 Å². The summed E-state index contributed by atoms with van der Waals surface area (Å²) in [6, 6.07) is 6.73. The van der Waals surface area contributed by atoms with Crippen molar-refractivity contribution >= 4 is 33.9 Å². The van der Waals surface area contributed by atoms with Crippen LogP contribution in [0.25, 0.3) is 0 Å². The Bertz CT molecular complexity index is 1040. The number of hydrogen-bond acceptors (Lipinski definition) is 8. The first-order chi connectivity index (χ1) is 13.7. The number of rotatable bonds is 6. The predicted octanol–water partition coefficient (Wildman–Crippen LogP) is -0.624. The van der Waals surface area contributed by atoms with Crippen LogP contribution < -0.4 is 20.5 Å². The minimum Gasteiger partial charge on any atom is -0.360 e. The zero-order valence-corrected chi connectivity index (χ0v) is 16.0. The van der Waals surface area contributed by atoms with Crippen LogP contribution in [-0.2, 0) is 19.8 Å². The van der Waals surface area contributed by atoms with Crippen LogP contribution in [0.3, 0.4) is 0 Å². The maximum atomic E-state index is 12.2. The second-order valence-corrected chi connectivity index (χ2v) is 7.65. The van der Waals surface area contributed by atoms with Crippen molar-refractivity contribution in [1.29, 1.82) is 0 Å². The van der Waals surface area contributed by atoms with Crippen molar-refractivity contribution in [2.24, 2.45) is 5.73 Å². The quantitative estimate of drug-likeness (QED) is 0.445. The van der Waals surface area contributed by atoms with E-state index in [4.69, 9.17) is 10.3 Å². The fourth-order valence-corrected chi connectivity index (χ4v) is 3.30. The lowest BCUT2D eigenvalue weighted by atomic mass is 10.0. The van der Waals surface area contributed by atoms with E-state index in [0.717, 1.165) is 0 Å². The summed E-state index contributed by atoms with van der Waals surface area (Å²) in [7, 11) is -4.33. The lowest BCUT2D eigenvalue weighted by Crippen LogP contribution is -2.68. The highest BCUT2D eigenvalue weighted by Gasteiger charge is 2.43. The molecular weight excluding hydrogens is 404 g/mol. The van der Waals surface area contributed by atoms with Gasteiger partial charge in [-0.1, -0.05) is 35.5 Å². The van der Waals surface area contributed by atoms with Crippen LogP contribution in [0.2, 0.25) is 0 Å². The third-order valence-electron chi connectivity index (χ3n) is 4.02. The summed E-state index contributed by atoms with van der Waals surface area (Å²) in [5.74, 6) is -1.12. The first-order valence-corrected chi connectivity index (χ1v) is 9.85. The van der Waals surface area contributed by atoms with Crippen LogP contribution in [0.4, 0.5) is 10.6 Å². The zero-order valence-electron chi connectivity index (χ0n) is 15.2. The van der Waals surface area contributed by atoms with Crippen molar-refractivity contribution in [3.05, 3.63) is 47.7 Å². The first-order valence-electron chi connectivity index (χ1n) is 8.36. The summed E-state index contributed by atoms with van der Waals surface area (Å²) in [4.78, 5) is 37.0. The smallest absolute Gasteiger partial charge is 0.339 e. The summed E-state index contributed by atoms with van der Waals surface area (Å²) in [5, 5.41) is 5.86. The predicted molar refractivity (Wildman–Crippen MR) is 99.3 cm³/mol. The molecule has 0 spiro atoms. The van der Waals surface area contributed by atoms with Gasteiger partial charge in [0.15, 0.2) is 5.82 Å². The number of amides is 4. The van der Waals surface area contributed by atoms with Crippen LogP contribution in [-0.4, -0.2) is 48.9 Å². The molecule has 13 heteroatoms. The SMILES string of the molecule is Cc1cc(NS(=O)(=O)NC(=O)N2C[C@H](NC(=O)C(N)c3ccccc3)C2=O)no1. The van der Waals surface area contributed by atoms with E-state index in [1.807, 2.05) is 4.72 Å². The van der Waals surface area contributed by atoms with E-state index < -0.39 is 40.1 Å². The molecule has 1 aromatic heterocycles. The summed E-state index contributed by atoms with van der Waals surface area (Å²) in [5.41, 5.74) is 6.41. The standard InChI is InChI=1S/C16H18N6O6S/c1-9-7-12(19-28-9)20-29(26,27)21-16(25)22-8-11(15(22)24)18-14(23)13(17)10-5-3-2-4-6-10/h2-7,11,13H,8,17H2,1H3,(H,18,23)(H,19,20)(H,21,25)/t11-,13?/m0/s1. The summed E-state index contributed by atoms with van der Waals surface area (Å²) in [6.07, 6.45) is 0. The molecule has 2 aromatic rings. The first kappa shape index (κ1) is 20.3. The molecule has 154 valence electrons. The van der Waals surface area contributed by atoms with Crippen molar-refractivity contribution in [3.8, 4) is 0 Å². The molecule has 5 N–H and O–H groups in total. The monoisotopic (exact) mass is 422 g/mol. The number of hydrogen-bond donors (Lipinski definition) is 4. The van der Waals surface area contributed by atoms with Crippen LogP contribution in [0.5, 0.6) is 0 Å². The number of carbonyl (C=O) groups excluding carboxylic acids is 3. The van der Waals surface area contributed by atoms with Gasteiger partial charge in [0.25, 0.3) is 5.91 Å². The van der Waals surface area contributed by atoms with Crippen LogP contribution in [0.1, 0.15) is 17.4 Å². The average molecular weight is 422 g/mol. The molecule has 1 aliphatic rings. The second-order valence-electron chi connectivity index (χ2n) is 6.23. The van der Waals surface area contributed by atoms with Crippen molar-refractivity contribution in [2.45, 2.75) is 19.0 Å². The number of nitrogens with one attached hydrogen (secondary N) is 3. The summed E-state index contributed by atoms with van der Waals surface area (Å²) in [6.45, 7) is 1.36. The highest BCUT2D eigenvalue weighted by Crippen LogP contribution is 2.15. The Morgan fingerprint density at radius 2 is 2.00 bits per heavy atom. The van der Waals surface area contributed by atoms with Crippen LogP contribution in [0, 0.1) is 6.92 Å². The third-order valence-corrected chi connectivity index (χ3v) is 4.94. The Kier molecular flexibility index (Phi) is 5.52. The number of likely N-dealkylation sites (tertiary alicyclic amines) is 1. The Balaban J connectivity index is 1.52. The Morgan fingerprint density at radius 1 is 1.31 bits per heavy atom. The Morgan fingerprint density at radius 3 is 2.59 bits per heavy atom. The maximum Gasteiger partial charge on any atom is 0.339 e. The highest BCUT2D eigenvalue weighted by atomic mass is 32.2. The van der Waals surface area contributed by atoms with E-state index in [0.29, 0.717) is 16.2 Å². The van der Waals surface area contributed by atoms with Gasteiger partial charge in [-0.15, -0.1) is 0 Å². The lowest BCUT2D eigenvalue weighted by molar-refractivity contribution is -0.142. The van der Waals surface area contributed by atoms with E-state index in [1.54, 1.807) is 42.0 Å². The van der Waals surface area contributed by atoms with Crippen molar-refractivity contribution < 1.29 is 27.3 Å². The largest absolute Gasteiger partial charge is 0.360 e. The number of nitrogens with zero attached hydrogens (tertiary/aromatic N) is 2. The van der Waals surface area contributed by atoms with Crippen LogP contribution in [0.15, 0.2) is 40.9 Å². The van der Waals surface area contributed by atoms with Crippen molar-refractivity contribution in [3.63, 3.8) is 0 Å². The molecule has 0 aliphatic carbocycles. The van der Waals surface area contributed by atoms with Crippen molar-refractivity contribution in [1.82, 2.24) is 20.1 Å². The number of urea groups is 1. The molecule has 1 aromatic carbocycles. The van der Waals surface area contributed by atoms with Gasteiger partial charge in [-0.25, -0.2) is 14.2 Å². The minimum atomic E-state index is -4.33. The molecule has 0 radical (unpaired) electrons. The highest BCUT2D eigenvalue weighted by molar-refractivity contribution is 7.91. The molecule has 3 rings (SSSR count). The van der Waals surface area contributed by atoms with Crippen LogP contribution >= 0.6 is 0 Å². The van der Waals surface area contributed by atoms with Gasteiger partial charge >= 0.3 is 16.2 Å². The topological polar surface area (TPSA) is 177 Å². The minimum absolute atomic E-state index is 0.127. The van der Waals surface area contributed by atoms with E-state index in [2.05, 4.69) is 10.5 Å². The molecule has 1 unspecified atom stereocenters. The maximum absolute atomic E-state index is 12.2.